The van der Waals surface area contributed by atoms with Crippen LogP contribution in [-0.2, 0) is 9.53 Å². The van der Waals surface area contributed by atoms with E-state index in [2.05, 4.69) is 9.98 Å². The van der Waals surface area contributed by atoms with Crippen molar-refractivity contribution in [2.45, 2.75) is 33.2 Å². The molecule has 0 radical (unpaired) electrons. The summed E-state index contributed by atoms with van der Waals surface area (Å²) in [7, 11) is 0. The van der Waals surface area contributed by atoms with Crippen LogP contribution in [0.5, 0.6) is 0 Å². The molecule has 1 rings (SSSR count). The van der Waals surface area contributed by atoms with Crippen LogP contribution in [0.15, 0.2) is 29.4 Å². The van der Waals surface area contributed by atoms with Gasteiger partial charge in [0.25, 0.3) is 0 Å². The summed E-state index contributed by atoms with van der Waals surface area (Å²) in [5.41, 5.74) is 0.794. The number of esters is 1. The molecule has 0 aliphatic rings. The molecule has 0 bridgehead atoms. The standard InChI is InChI=1S/C14H20N2O2/c1-4-18-14(17)9-13(16-10-11(2)3)12-7-5-6-8-15-12/h5-8,10-11,13H,4,9H2,1-3H3. The Hall–Kier alpha value is -1.71. The van der Waals surface area contributed by atoms with Gasteiger partial charge in [-0.3, -0.25) is 14.8 Å². The van der Waals surface area contributed by atoms with Gasteiger partial charge in [-0.05, 0) is 25.0 Å². The zero-order valence-corrected chi connectivity index (χ0v) is 11.2. The highest BCUT2D eigenvalue weighted by Gasteiger charge is 2.16. The zero-order valence-electron chi connectivity index (χ0n) is 11.2. The number of aromatic nitrogens is 1. The van der Waals surface area contributed by atoms with E-state index in [1.807, 2.05) is 38.3 Å². The van der Waals surface area contributed by atoms with Crippen molar-refractivity contribution in [1.82, 2.24) is 4.98 Å². The smallest absolute Gasteiger partial charge is 0.308 e. The van der Waals surface area contributed by atoms with Gasteiger partial charge in [0, 0.05) is 12.4 Å². The van der Waals surface area contributed by atoms with E-state index in [0.29, 0.717) is 12.5 Å². The molecule has 0 fully saturated rings. The molecule has 18 heavy (non-hydrogen) atoms. The van der Waals surface area contributed by atoms with E-state index in [0.717, 1.165) is 5.69 Å². The molecule has 0 aliphatic heterocycles. The number of carbonyl (C=O) groups excluding carboxylic acids is 1. The molecular weight excluding hydrogens is 228 g/mol. The molecule has 1 heterocycles. The van der Waals surface area contributed by atoms with Gasteiger partial charge >= 0.3 is 5.97 Å². The van der Waals surface area contributed by atoms with Crippen LogP contribution in [0.25, 0.3) is 0 Å². The molecule has 1 aromatic rings. The third-order valence-corrected chi connectivity index (χ3v) is 2.26. The van der Waals surface area contributed by atoms with E-state index in [4.69, 9.17) is 4.74 Å². The summed E-state index contributed by atoms with van der Waals surface area (Å²) in [6.45, 7) is 6.28. The Kier molecular flexibility index (Phi) is 6.05. The van der Waals surface area contributed by atoms with Gasteiger partial charge in [-0.2, -0.15) is 0 Å². The van der Waals surface area contributed by atoms with Crippen molar-refractivity contribution in [2.24, 2.45) is 10.9 Å². The van der Waals surface area contributed by atoms with Gasteiger partial charge < -0.3 is 4.74 Å². The lowest BCUT2D eigenvalue weighted by atomic mass is 10.1. The lowest BCUT2D eigenvalue weighted by molar-refractivity contribution is -0.143. The number of pyridine rings is 1. The van der Waals surface area contributed by atoms with Crippen molar-refractivity contribution in [3.63, 3.8) is 0 Å². The number of nitrogens with zero attached hydrogens (tertiary/aromatic N) is 2. The van der Waals surface area contributed by atoms with Gasteiger partial charge in [0.15, 0.2) is 0 Å². The monoisotopic (exact) mass is 248 g/mol. The maximum Gasteiger partial charge on any atom is 0.308 e. The van der Waals surface area contributed by atoms with Crippen molar-refractivity contribution < 1.29 is 9.53 Å². The van der Waals surface area contributed by atoms with Crippen LogP contribution < -0.4 is 0 Å². The van der Waals surface area contributed by atoms with Crippen molar-refractivity contribution in [1.29, 1.82) is 0 Å². The third-order valence-electron chi connectivity index (χ3n) is 2.26. The second-order valence-electron chi connectivity index (χ2n) is 4.32. The summed E-state index contributed by atoms with van der Waals surface area (Å²) in [5.74, 6) is 0.104. The maximum absolute atomic E-state index is 11.5. The largest absolute Gasteiger partial charge is 0.466 e. The molecule has 0 amide bonds. The topological polar surface area (TPSA) is 51.5 Å². The minimum absolute atomic E-state index is 0.230. The summed E-state index contributed by atoms with van der Waals surface area (Å²) in [6.07, 6.45) is 3.78. The third kappa shape index (κ3) is 5.08. The molecule has 4 heteroatoms. The summed E-state index contributed by atoms with van der Waals surface area (Å²) >= 11 is 0. The summed E-state index contributed by atoms with van der Waals surface area (Å²) in [6, 6.07) is 5.36. The number of rotatable bonds is 6. The number of hydrogen-bond donors (Lipinski definition) is 0. The van der Waals surface area contributed by atoms with E-state index >= 15 is 0 Å². The number of aliphatic imine (C=N–C) groups is 1. The minimum Gasteiger partial charge on any atom is -0.466 e. The second kappa shape index (κ2) is 7.58. The van der Waals surface area contributed by atoms with Gasteiger partial charge in [0.2, 0.25) is 0 Å². The average Bonchev–Trinajstić information content (AvgIpc) is 2.35. The average molecular weight is 248 g/mol. The number of ether oxygens (including phenoxy) is 1. The summed E-state index contributed by atoms with van der Waals surface area (Å²) < 4.78 is 4.96. The fourth-order valence-corrected chi connectivity index (χ4v) is 1.46. The minimum atomic E-state index is -0.257. The Balaban J connectivity index is 2.79. The molecule has 0 saturated carbocycles. The molecule has 4 nitrogen and oxygen atoms in total. The Labute approximate surface area is 108 Å². The molecule has 98 valence electrons. The Morgan fingerprint density at radius 2 is 2.28 bits per heavy atom. The normalized spacial score (nSPS) is 12.9. The van der Waals surface area contributed by atoms with Gasteiger partial charge in [-0.25, -0.2) is 0 Å². The number of carbonyl (C=O) groups is 1. The Morgan fingerprint density at radius 3 is 2.83 bits per heavy atom. The molecule has 0 aromatic carbocycles. The number of hydrogen-bond acceptors (Lipinski definition) is 4. The predicted molar refractivity (Wildman–Crippen MR) is 71.6 cm³/mol. The van der Waals surface area contributed by atoms with Crippen LogP contribution in [0, 0.1) is 5.92 Å². The summed E-state index contributed by atoms with van der Waals surface area (Å²) in [5, 5.41) is 0. The van der Waals surface area contributed by atoms with E-state index in [1.165, 1.54) is 0 Å². The zero-order chi connectivity index (χ0) is 13.4. The molecular formula is C14H20N2O2. The molecule has 1 aromatic heterocycles. The lowest BCUT2D eigenvalue weighted by Crippen LogP contribution is -2.10. The van der Waals surface area contributed by atoms with Crippen LogP contribution >= 0.6 is 0 Å². The Bertz CT molecular complexity index is 388. The van der Waals surface area contributed by atoms with Crippen LogP contribution in [0.2, 0.25) is 0 Å². The van der Waals surface area contributed by atoms with Crippen molar-refractivity contribution in [2.75, 3.05) is 6.61 Å². The maximum atomic E-state index is 11.5. The van der Waals surface area contributed by atoms with Gasteiger partial charge in [0.05, 0.1) is 18.7 Å². The van der Waals surface area contributed by atoms with Gasteiger partial charge in [-0.1, -0.05) is 19.9 Å². The van der Waals surface area contributed by atoms with Crippen LogP contribution in [0.1, 0.15) is 38.9 Å². The highest BCUT2D eigenvalue weighted by atomic mass is 16.5. The van der Waals surface area contributed by atoms with Crippen molar-refractivity contribution in [3.8, 4) is 0 Å². The fourth-order valence-electron chi connectivity index (χ4n) is 1.46. The molecule has 1 atom stereocenters. The second-order valence-corrected chi connectivity index (χ2v) is 4.32. The SMILES string of the molecule is CCOC(=O)CC(N=CC(C)C)c1ccccn1. The van der Waals surface area contributed by atoms with Gasteiger partial charge in [0.1, 0.15) is 6.04 Å². The molecule has 0 spiro atoms. The molecule has 0 N–H and O–H groups in total. The molecule has 0 aliphatic carbocycles. The van der Waals surface area contributed by atoms with E-state index in [-0.39, 0.29) is 18.4 Å². The van der Waals surface area contributed by atoms with Crippen molar-refractivity contribution in [3.05, 3.63) is 30.1 Å². The first-order chi connectivity index (χ1) is 8.63. The first-order valence-corrected chi connectivity index (χ1v) is 6.23. The summed E-state index contributed by atoms with van der Waals surface area (Å²) in [4.78, 5) is 20.2. The Morgan fingerprint density at radius 1 is 1.50 bits per heavy atom. The van der Waals surface area contributed by atoms with Crippen molar-refractivity contribution >= 4 is 12.2 Å². The molecule has 1 unspecified atom stereocenters. The fraction of sp³-hybridized carbons (Fsp3) is 0.500. The van der Waals surface area contributed by atoms with E-state index in [9.17, 15) is 4.79 Å². The molecule has 0 saturated heterocycles. The van der Waals surface area contributed by atoms with Crippen LogP contribution in [-0.4, -0.2) is 23.8 Å². The quantitative estimate of drug-likeness (QED) is 0.574. The highest BCUT2D eigenvalue weighted by molar-refractivity contribution is 5.71. The van der Waals surface area contributed by atoms with E-state index < -0.39 is 0 Å². The lowest BCUT2D eigenvalue weighted by Gasteiger charge is -2.11. The predicted octanol–water partition coefficient (Wildman–Crippen LogP) is 2.80. The first kappa shape index (κ1) is 14.4. The van der Waals surface area contributed by atoms with Crippen LogP contribution in [0.4, 0.5) is 0 Å². The first-order valence-electron chi connectivity index (χ1n) is 6.23. The van der Waals surface area contributed by atoms with Gasteiger partial charge in [-0.15, -0.1) is 0 Å². The highest BCUT2D eigenvalue weighted by Crippen LogP contribution is 2.19. The van der Waals surface area contributed by atoms with Crippen LogP contribution in [0.3, 0.4) is 0 Å². The van der Waals surface area contributed by atoms with E-state index in [1.54, 1.807) is 13.1 Å².